The van der Waals surface area contributed by atoms with Gasteiger partial charge in [-0.25, -0.2) is 13.4 Å². The fraction of sp³-hybridized carbons (Fsp3) is 0.0909. The topological polar surface area (TPSA) is 99.0 Å². The molecule has 0 aliphatic carbocycles. The predicted molar refractivity (Wildman–Crippen MR) is 111 cm³/mol. The number of aromatic nitrogens is 2. The van der Waals surface area contributed by atoms with Gasteiger partial charge in [-0.1, -0.05) is 12.1 Å². The first-order chi connectivity index (χ1) is 15.0. The summed E-state index contributed by atoms with van der Waals surface area (Å²) in [5.41, 5.74) is 2.05. The molecule has 1 amide bonds. The maximum Gasteiger partial charge on any atom is 0.253 e. The van der Waals surface area contributed by atoms with Crippen molar-refractivity contribution in [1.82, 2.24) is 14.7 Å². The molecule has 1 aliphatic heterocycles. The normalized spacial score (nSPS) is 12.8. The summed E-state index contributed by atoms with van der Waals surface area (Å²) < 4.78 is 38.1. The van der Waals surface area contributed by atoms with Gasteiger partial charge >= 0.3 is 0 Å². The summed E-state index contributed by atoms with van der Waals surface area (Å²) in [4.78, 5) is 16.9. The standard InChI is InChI=1S/C22H17N3O5S/c26-22(16-3-8-21-23-9-10-25(21)13-16)24-12-15-1-4-17(5-2-15)31(27,28)18-6-7-19-20(11-18)30-14-29-19/h1-11,13H,12,14H2,(H,24,26). The van der Waals surface area contributed by atoms with Crippen LogP contribution >= 0.6 is 0 Å². The van der Waals surface area contributed by atoms with Gasteiger partial charge < -0.3 is 19.2 Å². The van der Waals surface area contributed by atoms with Crippen LogP contribution in [0.15, 0.2) is 83.0 Å². The van der Waals surface area contributed by atoms with Gasteiger partial charge in [-0.3, -0.25) is 4.79 Å². The smallest absolute Gasteiger partial charge is 0.253 e. The molecule has 2 aromatic carbocycles. The number of hydrogen-bond donors (Lipinski definition) is 1. The van der Waals surface area contributed by atoms with Crippen molar-refractivity contribution in [3.8, 4) is 11.5 Å². The van der Waals surface area contributed by atoms with Gasteiger partial charge in [0.1, 0.15) is 5.65 Å². The third-order valence-corrected chi connectivity index (χ3v) is 6.76. The number of nitrogens with zero attached hydrogens (tertiary/aromatic N) is 2. The highest BCUT2D eigenvalue weighted by atomic mass is 32.2. The second kappa shape index (κ2) is 7.44. The van der Waals surface area contributed by atoms with E-state index < -0.39 is 9.84 Å². The molecule has 3 heterocycles. The number of nitrogens with one attached hydrogen (secondary N) is 1. The lowest BCUT2D eigenvalue weighted by Gasteiger charge is -2.08. The highest BCUT2D eigenvalue weighted by Gasteiger charge is 2.22. The summed E-state index contributed by atoms with van der Waals surface area (Å²) in [5.74, 6) is 0.708. The second-order valence-corrected chi connectivity index (χ2v) is 8.91. The third-order valence-electron chi connectivity index (χ3n) is 4.99. The number of rotatable bonds is 5. The van der Waals surface area contributed by atoms with Crippen LogP contribution in [0.4, 0.5) is 0 Å². The Hall–Kier alpha value is -3.85. The number of pyridine rings is 1. The van der Waals surface area contributed by atoms with Crippen LogP contribution in [-0.4, -0.2) is 30.5 Å². The molecule has 0 saturated carbocycles. The fourth-order valence-electron chi connectivity index (χ4n) is 3.31. The molecule has 9 heteroatoms. The highest BCUT2D eigenvalue weighted by Crippen LogP contribution is 2.35. The molecule has 2 aromatic heterocycles. The van der Waals surface area contributed by atoms with E-state index >= 15 is 0 Å². The highest BCUT2D eigenvalue weighted by molar-refractivity contribution is 7.91. The zero-order valence-corrected chi connectivity index (χ0v) is 17.0. The Bertz CT molecular complexity index is 1390. The monoisotopic (exact) mass is 435 g/mol. The Balaban J connectivity index is 1.28. The molecule has 156 valence electrons. The van der Waals surface area contributed by atoms with Crippen LogP contribution in [0.25, 0.3) is 5.65 Å². The molecule has 31 heavy (non-hydrogen) atoms. The summed E-state index contributed by atoms with van der Waals surface area (Å²) >= 11 is 0. The second-order valence-electron chi connectivity index (χ2n) is 6.96. The van der Waals surface area contributed by atoms with Crippen LogP contribution in [0.1, 0.15) is 15.9 Å². The number of amides is 1. The summed E-state index contributed by atoms with van der Waals surface area (Å²) in [5, 5.41) is 2.84. The van der Waals surface area contributed by atoms with Crippen molar-refractivity contribution in [2.75, 3.05) is 6.79 Å². The maximum absolute atomic E-state index is 12.9. The molecule has 1 N–H and O–H groups in total. The number of hydrogen-bond acceptors (Lipinski definition) is 6. The van der Waals surface area contributed by atoms with Gasteiger partial charge in [0.2, 0.25) is 16.6 Å². The number of sulfone groups is 1. The Morgan fingerprint density at radius 2 is 1.77 bits per heavy atom. The molecule has 0 saturated heterocycles. The van der Waals surface area contributed by atoms with Gasteiger partial charge in [0, 0.05) is 31.2 Å². The van der Waals surface area contributed by atoms with Crippen molar-refractivity contribution in [1.29, 1.82) is 0 Å². The zero-order valence-electron chi connectivity index (χ0n) is 16.2. The van der Waals surface area contributed by atoms with E-state index in [9.17, 15) is 13.2 Å². The first-order valence-electron chi connectivity index (χ1n) is 9.45. The van der Waals surface area contributed by atoms with Crippen LogP contribution in [-0.2, 0) is 16.4 Å². The third kappa shape index (κ3) is 3.59. The molecular weight excluding hydrogens is 418 g/mol. The molecule has 0 radical (unpaired) electrons. The zero-order chi connectivity index (χ0) is 21.4. The largest absolute Gasteiger partial charge is 0.454 e. The fourth-order valence-corrected chi connectivity index (χ4v) is 4.58. The van der Waals surface area contributed by atoms with Crippen molar-refractivity contribution >= 4 is 21.4 Å². The Morgan fingerprint density at radius 3 is 2.61 bits per heavy atom. The molecule has 0 unspecified atom stereocenters. The van der Waals surface area contributed by atoms with E-state index in [2.05, 4.69) is 10.3 Å². The van der Waals surface area contributed by atoms with E-state index in [-0.39, 0.29) is 29.0 Å². The molecule has 1 aliphatic rings. The summed E-state index contributed by atoms with van der Waals surface area (Å²) in [6, 6.07) is 14.4. The summed E-state index contributed by atoms with van der Waals surface area (Å²) in [6.07, 6.45) is 5.14. The quantitative estimate of drug-likeness (QED) is 0.518. The minimum Gasteiger partial charge on any atom is -0.454 e. The van der Waals surface area contributed by atoms with Crippen molar-refractivity contribution < 1.29 is 22.7 Å². The van der Waals surface area contributed by atoms with Gasteiger partial charge in [0.05, 0.1) is 15.4 Å². The van der Waals surface area contributed by atoms with Crippen LogP contribution in [0.2, 0.25) is 0 Å². The lowest BCUT2D eigenvalue weighted by molar-refractivity contribution is 0.0950. The van der Waals surface area contributed by atoms with E-state index in [1.807, 2.05) is 0 Å². The van der Waals surface area contributed by atoms with Crippen molar-refractivity contribution in [2.24, 2.45) is 0 Å². The molecule has 5 rings (SSSR count). The minimum absolute atomic E-state index is 0.0788. The molecule has 0 spiro atoms. The van der Waals surface area contributed by atoms with E-state index in [0.29, 0.717) is 17.1 Å². The summed E-state index contributed by atoms with van der Waals surface area (Å²) in [6.45, 7) is 0.348. The van der Waals surface area contributed by atoms with Gasteiger partial charge in [0.15, 0.2) is 11.5 Å². The van der Waals surface area contributed by atoms with Gasteiger partial charge in [-0.2, -0.15) is 0 Å². The molecule has 4 aromatic rings. The number of benzene rings is 2. The van der Waals surface area contributed by atoms with E-state index in [1.54, 1.807) is 53.3 Å². The number of fused-ring (bicyclic) bond motifs is 2. The first kappa shape index (κ1) is 19.1. The number of imidazole rings is 1. The van der Waals surface area contributed by atoms with E-state index in [4.69, 9.17) is 9.47 Å². The minimum atomic E-state index is -3.70. The van der Waals surface area contributed by atoms with Crippen LogP contribution in [0.3, 0.4) is 0 Å². The average molecular weight is 435 g/mol. The Labute approximate surface area is 178 Å². The Morgan fingerprint density at radius 1 is 1.00 bits per heavy atom. The first-order valence-corrected chi connectivity index (χ1v) is 10.9. The van der Waals surface area contributed by atoms with Gasteiger partial charge in [0.25, 0.3) is 5.91 Å². The van der Waals surface area contributed by atoms with Crippen molar-refractivity contribution in [2.45, 2.75) is 16.3 Å². The molecule has 0 atom stereocenters. The maximum atomic E-state index is 12.9. The lowest BCUT2D eigenvalue weighted by atomic mass is 10.2. The van der Waals surface area contributed by atoms with E-state index in [1.165, 1.54) is 24.3 Å². The lowest BCUT2D eigenvalue weighted by Crippen LogP contribution is -2.23. The van der Waals surface area contributed by atoms with Crippen LogP contribution < -0.4 is 14.8 Å². The number of carbonyl (C=O) groups excluding carboxylic acids is 1. The van der Waals surface area contributed by atoms with Crippen LogP contribution in [0.5, 0.6) is 11.5 Å². The molecule has 0 fully saturated rings. The molecule has 8 nitrogen and oxygen atoms in total. The van der Waals surface area contributed by atoms with Gasteiger partial charge in [-0.15, -0.1) is 0 Å². The number of carbonyl (C=O) groups is 1. The predicted octanol–water partition coefficient (Wildman–Crippen LogP) is 2.83. The number of ether oxygens (including phenoxy) is 2. The Kier molecular flexibility index (Phi) is 4.59. The van der Waals surface area contributed by atoms with Crippen molar-refractivity contribution in [3.63, 3.8) is 0 Å². The SMILES string of the molecule is O=C(NCc1ccc(S(=O)(=O)c2ccc3c(c2)OCO3)cc1)c1ccc2nccn2c1. The molecular formula is C22H17N3O5S. The molecule has 0 bridgehead atoms. The van der Waals surface area contributed by atoms with Crippen molar-refractivity contribution in [3.05, 3.63) is 84.3 Å². The summed E-state index contributed by atoms with van der Waals surface area (Å²) in [7, 11) is -3.70. The van der Waals surface area contributed by atoms with Crippen LogP contribution in [0, 0.1) is 0 Å². The average Bonchev–Trinajstić information content (AvgIpc) is 3.45. The van der Waals surface area contributed by atoms with Gasteiger partial charge in [-0.05, 0) is 42.0 Å². The van der Waals surface area contributed by atoms with E-state index in [0.717, 1.165) is 11.2 Å².